The maximum absolute atomic E-state index is 13.5. The number of carbonyl (C=O) groups excluding carboxylic acids is 2. The van der Waals surface area contributed by atoms with Gasteiger partial charge in [0.25, 0.3) is 11.8 Å². The molecular weight excluding hydrogens is 454 g/mol. The summed E-state index contributed by atoms with van der Waals surface area (Å²) in [6.45, 7) is 5.20. The fraction of sp³-hybridized carbons (Fsp3) is 0.545. The largest absolute Gasteiger partial charge is 0.383 e. The molecule has 3 atom stereocenters. The van der Waals surface area contributed by atoms with Crippen LogP contribution in [0, 0.1) is 0 Å². The van der Waals surface area contributed by atoms with Crippen molar-refractivity contribution in [2.24, 2.45) is 0 Å². The van der Waals surface area contributed by atoms with Crippen molar-refractivity contribution in [1.82, 2.24) is 15.1 Å². The SMILES string of the molecule is COC[C@@H]1C[C@@H](NC(=O)c2ccc(Cl)s2)CN1C(=O)c1cc2c(s1)C(C)CN(C)CC2. The van der Waals surface area contributed by atoms with E-state index in [0.717, 1.165) is 24.4 Å². The molecule has 1 fully saturated rings. The number of rotatable bonds is 5. The van der Waals surface area contributed by atoms with Gasteiger partial charge in [-0.1, -0.05) is 18.5 Å². The third kappa shape index (κ3) is 4.98. The van der Waals surface area contributed by atoms with Crippen molar-refractivity contribution >= 4 is 46.1 Å². The van der Waals surface area contributed by atoms with Crippen LogP contribution in [-0.4, -0.2) is 74.1 Å². The molecular formula is C22H28ClN3O3S2. The zero-order chi connectivity index (χ0) is 22.1. The van der Waals surface area contributed by atoms with Gasteiger partial charge in [-0.05, 0) is 43.7 Å². The first kappa shape index (κ1) is 22.7. The summed E-state index contributed by atoms with van der Waals surface area (Å²) in [5.74, 6) is 0.316. The van der Waals surface area contributed by atoms with Crippen LogP contribution < -0.4 is 5.32 Å². The molecule has 0 spiro atoms. The minimum absolute atomic E-state index is 0.0385. The van der Waals surface area contributed by atoms with Crippen LogP contribution in [0.15, 0.2) is 18.2 Å². The first-order chi connectivity index (χ1) is 14.9. The van der Waals surface area contributed by atoms with Gasteiger partial charge >= 0.3 is 0 Å². The molecule has 2 aromatic rings. The van der Waals surface area contributed by atoms with Crippen LogP contribution in [0.5, 0.6) is 0 Å². The zero-order valence-electron chi connectivity index (χ0n) is 18.0. The van der Waals surface area contributed by atoms with Crippen molar-refractivity contribution in [2.45, 2.75) is 37.8 Å². The highest BCUT2D eigenvalue weighted by molar-refractivity contribution is 7.18. The molecule has 2 aliphatic rings. The van der Waals surface area contributed by atoms with E-state index in [9.17, 15) is 9.59 Å². The highest BCUT2D eigenvalue weighted by Crippen LogP contribution is 2.34. The highest BCUT2D eigenvalue weighted by Gasteiger charge is 2.37. The van der Waals surface area contributed by atoms with Crippen LogP contribution in [0.3, 0.4) is 0 Å². The number of ether oxygens (including phenoxy) is 1. The Bertz CT molecular complexity index is 960. The molecule has 0 bridgehead atoms. The van der Waals surface area contributed by atoms with Gasteiger partial charge in [0, 0.05) is 43.6 Å². The van der Waals surface area contributed by atoms with Crippen molar-refractivity contribution in [3.8, 4) is 0 Å². The molecule has 4 rings (SSSR count). The Kier molecular flexibility index (Phi) is 7.03. The van der Waals surface area contributed by atoms with Gasteiger partial charge in [-0.25, -0.2) is 0 Å². The average molecular weight is 482 g/mol. The number of likely N-dealkylation sites (N-methyl/N-ethyl adjacent to an activating group) is 1. The highest BCUT2D eigenvalue weighted by atomic mass is 35.5. The van der Waals surface area contributed by atoms with Crippen LogP contribution in [-0.2, 0) is 11.2 Å². The third-order valence-corrected chi connectivity index (χ3v) is 8.64. The molecule has 1 unspecified atom stereocenters. The molecule has 2 aliphatic heterocycles. The number of amides is 2. The van der Waals surface area contributed by atoms with Crippen LogP contribution in [0.25, 0.3) is 0 Å². The minimum atomic E-state index is -0.145. The van der Waals surface area contributed by atoms with E-state index in [-0.39, 0.29) is 23.9 Å². The lowest BCUT2D eigenvalue weighted by atomic mass is 10.1. The summed E-state index contributed by atoms with van der Waals surface area (Å²) in [7, 11) is 3.80. The number of carbonyl (C=O) groups is 2. The van der Waals surface area contributed by atoms with E-state index in [1.807, 2.05) is 4.90 Å². The van der Waals surface area contributed by atoms with Crippen molar-refractivity contribution in [3.63, 3.8) is 0 Å². The Morgan fingerprint density at radius 2 is 2.06 bits per heavy atom. The number of hydrogen-bond acceptors (Lipinski definition) is 6. The van der Waals surface area contributed by atoms with Crippen LogP contribution in [0.2, 0.25) is 4.34 Å². The molecule has 1 N–H and O–H groups in total. The van der Waals surface area contributed by atoms with Gasteiger partial charge in [0.05, 0.1) is 26.7 Å². The number of thiophene rings is 2. The van der Waals surface area contributed by atoms with Gasteiger partial charge in [0.15, 0.2) is 0 Å². The van der Waals surface area contributed by atoms with Crippen molar-refractivity contribution < 1.29 is 14.3 Å². The lowest BCUT2D eigenvalue weighted by molar-refractivity contribution is 0.0633. The third-order valence-electron chi connectivity index (χ3n) is 6.02. The smallest absolute Gasteiger partial charge is 0.264 e. The van der Waals surface area contributed by atoms with Crippen LogP contribution in [0.4, 0.5) is 0 Å². The molecule has 9 heteroatoms. The Labute approximate surface area is 196 Å². The number of nitrogens with zero attached hydrogens (tertiary/aromatic N) is 2. The first-order valence-electron chi connectivity index (χ1n) is 10.5. The molecule has 0 aromatic carbocycles. The van der Waals surface area contributed by atoms with E-state index in [4.69, 9.17) is 16.3 Å². The number of methoxy groups -OCH3 is 1. The van der Waals surface area contributed by atoms with Gasteiger partial charge in [0.2, 0.25) is 0 Å². The van der Waals surface area contributed by atoms with Gasteiger partial charge in [-0.15, -0.1) is 22.7 Å². The van der Waals surface area contributed by atoms with E-state index in [2.05, 4.69) is 30.3 Å². The van der Waals surface area contributed by atoms with Crippen LogP contribution in [0.1, 0.15) is 49.0 Å². The van der Waals surface area contributed by atoms with E-state index in [1.54, 1.807) is 30.6 Å². The normalized spacial score (nSPS) is 24.1. The van der Waals surface area contributed by atoms with E-state index in [1.165, 1.54) is 21.8 Å². The van der Waals surface area contributed by atoms with Crippen LogP contribution >= 0.6 is 34.3 Å². The van der Waals surface area contributed by atoms with Gasteiger partial charge < -0.3 is 19.9 Å². The number of nitrogens with one attached hydrogen (secondary N) is 1. The van der Waals surface area contributed by atoms with E-state index < -0.39 is 0 Å². The lowest BCUT2D eigenvalue weighted by Gasteiger charge is -2.23. The second-order valence-electron chi connectivity index (χ2n) is 8.49. The summed E-state index contributed by atoms with van der Waals surface area (Å²) >= 11 is 8.84. The molecule has 0 radical (unpaired) electrons. The zero-order valence-corrected chi connectivity index (χ0v) is 20.4. The standard InChI is InChI=1S/C22H28ClN3O3S2/c1-13-10-25(2)7-6-14-8-18(31-20(13)14)22(28)26-11-15(9-16(26)12-29-3)24-21(27)17-4-5-19(23)30-17/h4-5,8,13,15-16H,6-7,9-12H2,1-3H3,(H,24,27)/t13?,15-,16+/m1/s1. The predicted octanol–water partition coefficient (Wildman–Crippen LogP) is 3.71. The molecule has 4 heterocycles. The fourth-order valence-electron chi connectivity index (χ4n) is 4.57. The lowest BCUT2D eigenvalue weighted by Crippen LogP contribution is -2.40. The summed E-state index contributed by atoms with van der Waals surface area (Å²) in [5.41, 5.74) is 1.30. The molecule has 6 nitrogen and oxygen atoms in total. The van der Waals surface area contributed by atoms with Gasteiger partial charge in [-0.3, -0.25) is 9.59 Å². The van der Waals surface area contributed by atoms with E-state index >= 15 is 0 Å². The Balaban J connectivity index is 1.48. The summed E-state index contributed by atoms with van der Waals surface area (Å²) in [4.78, 5) is 32.9. The van der Waals surface area contributed by atoms with E-state index in [0.29, 0.717) is 34.7 Å². The molecule has 168 valence electrons. The van der Waals surface area contributed by atoms with Gasteiger partial charge in [-0.2, -0.15) is 0 Å². The quantitative estimate of drug-likeness (QED) is 0.707. The average Bonchev–Trinajstić information content (AvgIpc) is 3.43. The Morgan fingerprint density at radius 3 is 2.77 bits per heavy atom. The topological polar surface area (TPSA) is 61.9 Å². The summed E-state index contributed by atoms with van der Waals surface area (Å²) < 4.78 is 5.97. The predicted molar refractivity (Wildman–Crippen MR) is 126 cm³/mol. The number of likely N-dealkylation sites (tertiary alicyclic amines) is 1. The molecule has 2 aromatic heterocycles. The molecule has 1 saturated heterocycles. The number of fused-ring (bicyclic) bond motifs is 1. The monoisotopic (exact) mass is 481 g/mol. The summed E-state index contributed by atoms with van der Waals surface area (Å²) in [6.07, 6.45) is 1.65. The number of halogens is 1. The minimum Gasteiger partial charge on any atom is -0.383 e. The maximum Gasteiger partial charge on any atom is 0.264 e. The Hall–Kier alpha value is -1.45. The van der Waals surface area contributed by atoms with Crippen molar-refractivity contribution in [2.75, 3.05) is 40.4 Å². The second-order valence-corrected chi connectivity index (χ2v) is 11.3. The molecule has 31 heavy (non-hydrogen) atoms. The summed E-state index contributed by atoms with van der Waals surface area (Å²) in [6, 6.07) is 5.37. The Morgan fingerprint density at radius 1 is 1.26 bits per heavy atom. The van der Waals surface area contributed by atoms with Gasteiger partial charge in [0.1, 0.15) is 0 Å². The maximum atomic E-state index is 13.5. The second kappa shape index (κ2) is 9.58. The van der Waals surface area contributed by atoms with Crippen molar-refractivity contribution in [1.29, 1.82) is 0 Å². The molecule has 0 aliphatic carbocycles. The summed E-state index contributed by atoms with van der Waals surface area (Å²) in [5, 5.41) is 3.06. The fourth-order valence-corrected chi connectivity index (χ4v) is 6.73. The first-order valence-corrected chi connectivity index (χ1v) is 12.5. The van der Waals surface area contributed by atoms with Crippen molar-refractivity contribution in [3.05, 3.63) is 42.7 Å². The molecule has 0 saturated carbocycles. The number of hydrogen-bond donors (Lipinski definition) is 1. The molecule has 2 amide bonds.